The molecular formula is C18H25N7O. The summed E-state index contributed by atoms with van der Waals surface area (Å²) >= 11 is 0. The van der Waals surface area contributed by atoms with Crippen LogP contribution in [0.4, 0.5) is 11.8 Å². The van der Waals surface area contributed by atoms with Gasteiger partial charge in [-0.05, 0) is 25.7 Å². The number of nitrogens with zero attached hydrogens (tertiary/aromatic N) is 5. The van der Waals surface area contributed by atoms with E-state index < -0.39 is 0 Å². The van der Waals surface area contributed by atoms with Crippen LogP contribution in [-0.4, -0.2) is 49.5 Å². The number of anilines is 2. The van der Waals surface area contributed by atoms with E-state index in [2.05, 4.69) is 20.3 Å². The van der Waals surface area contributed by atoms with Crippen LogP contribution in [0.2, 0.25) is 0 Å². The summed E-state index contributed by atoms with van der Waals surface area (Å²) in [5.74, 6) is 1.38. The molecular weight excluding hydrogens is 330 g/mol. The van der Waals surface area contributed by atoms with E-state index >= 15 is 0 Å². The highest BCUT2D eigenvalue weighted by molar-refractivity contribution is 5.76. The van der Waals surface area contributed by atoms with Crippen LogP contribution in [-0.2, 0) is 24.2 Å². The third kappa shape index (κ3) is 3.95. The minimum absolute atomic E-state index is 0.204. The van der Waals surface area contributed by atoms with Gasteiger partial charge in [-0.25, -0.2) is 9.97 Å². The molecule has 138 valence electrons. The van der Waals surface area contributed by atoms with Gasteiger partial charge in [0.2, 0.25) is 11.9 Å². The third-order valence-electron chi connectivity index (χ3n) is 5.00. The van der Waals surface area contributed by atoms with Crippen LogP contribution < -0.4 is 11.1 Å². The molecule has 1 aliphatic heterocycles. The Kier molecular flexibility index (Phi) is 4.73. The van der Waals surface area contributed by atoms with Crippen molar-refractivity contribution >= 4 is 17.7 Å². The van der Waals surface area contributed by atoms with Gasteiger partial charge in [-0.3, -0.25) is 4.79 Å². The number of nitrogen functional groups attached to an aromatic ring is 1. The first kappa shape index (κ1) is 16.8. The second-order valence-corrected chi connectivity index (χ2v) is 7.06. The highest BCUT2D eigenvalue weighted by Crippen LogP contribution is 2.28. The van der Waals surface area contributed by atoms with Gasteiger partial charge < -0.3 is 20.5 Å². The van der Waals surface area contributed by atoms with E-state index in [0.29, 0.717) is 31.5 Å². The van der Waals surface area contributed by atoms with Gasteiger partial charge in [0.15, 0.2) is 0 Å². The lowest BCUT2D eigenvalue weighted by Gasteiger charge is -2.20. The highest BCUT2D eigenvalue weighted by Gasteiger charge is 2.26. The normalized spacial score (nSPS) is 16.8. The molecule has 8 heteroatoms. The summed E-state index contributed by atoms with van der Waals surface area (Å²) in [5, 5.41) is 3.46. The quantitative estimate of drug-likeness (QED) is 0.808. The molecule has 8 nitrogen and oxygen atoms in total. The van der Waals surface area contributed by atoms with Crippen molar-refractivity contribution in [3.05, 3.63) is 30.0 Å². The summed E-state index contributed by atoms with van der Waals surface area (Å²) in [6, 6.07) is 0.512. The molecule has 1 amide bonds. The summed E-state index contributed by atoms with van der Waals surface area (Å²) in [6.07, 6.45) is 10.7. The average Bonchev–Trinajstić information content (AvgIpc) is 3.33. The first-order valence-corrected chi connectivity index (χ1v) is 9.34. The minimum atomic E-state index is 0.204. The highest BCUT2D eigenvalue weighted by atomic mass is 16.2. The van der Waals surface area contributed by atoms with Crippen molar-refractivity contribution in [2.75, 3.05) is 24.1 Å². The maximum Gasteiger partial charge on any atom is 0.222 e. The Morgan fingerprint density at radius 3 is 2.88 bits per heavy atom. The van der Waals surface area contributed by atoms with E-state index in [1.165, 1.54) is 12.8 Å². The molecule has 3 N–H and O–H groups in total. The number of amides is 1. The van der Waals surface area contributed by atoms with Crippen molar-refractivity contribution in [3.8, 4) is 0 Å². The molecule has 0 spiro atoms. The van der Waals surface area contributed by atoms with Crippen LogP contribution in [0.1, 0.15) is 36.9 Å². The monoisotopic (exact) mass is 355 g/mol. The van der Waals surface area contributed by atoms with Gasteiger partial charge in [0.05, 0.1) is 12.0 Å². The molecule has 4 rings (SSSR count). The van der Waals surface area contributed by atoms with Crippen LogP contribution in [0.25, 0.3) is 0 Å². The molecule has 0 aromatic carbocycles. The fourth-order valence-electron chi connectivity index (χ4n) is 3.40. The number of hydrogen-bond donors (Lipinski definition) is 2. The number of hydrogen-bond acceptors (Lipinski definition) is 6. The lowest BCUT2D eigenvalue weighted by Crippen LogP contribution is -2.33. The van der Waals surface area contributed by atoms with Gasteiger partial charge in [0, 0.05) is 56.5 Å². The van der Waals surface area contributed by atoms with E-state index in [9.17, 15) is 4.79 Å². The van der Waals surface area contributed by atoms with Crippen molar-refractivity contribution in [2.45, 2.75) is 51.1 Å². The van der Waals surface area contributed by atoms with Crippen molar-refractivity contribution in [3.63, 3.8) is 0 Å². The van der Waals surface area contributed by atoms with Crippen molar-refractivity contribution in [2.24, 2.45) is 0 Å². The molecule has 0 radical (unpaired) electrons. The maximum absolute atomic E-state index is 12.6. The van der Waals surface area contributed by atoms with Gasteiger partial charge in [0.25, 0.3) is 0 Å². The fourth-order valence-corrected chi connectivity index (χ4v) is 3.40. The van der Waals surface area contributed by atoms with Gasteiger partial charge in [-0.15, -0.1) is 0 Å². The predicted octanol–water partition coefficient (Wildman–Crippen LogP) is 1.24. The van der Waals surface area contributed by atoms with Crippen molar-refractivity contribution in [1.82, 2.24) is 24.4 Å². The zero-order valence-electron chi connectivity index (χ0n) is 14.9. The van der Waals surface area contributed by atoms with E-state index in [4.69, 9.17) is 5.73 Å². The van der Waals surface area contributed by atoms with Crippen LogP contribution in [0.3, 0.4) is 0 Å². The van der Waals surface area contributed by atoms with Crippen LogP contribution in [0, 0.1) is 0 Å². The second-order valence-electron chi connectivity index (χ2n) is 7.06. The number of imidazole rings is 1. The molecule has 1 saturated carbocycles. The summed E-state index contributed by atoms with van der Waals surface area (Å²) in [6.45, 7) is 2.22. The first-order chi connectivity index (χ1) is 12.7. The van der Waals surface area contributed by atoms with Gasteiger partial charge in [-0.2, -0.15) is 4.98 Å². The zero-order chi connectivity index (χ0) is 17.9. The molecule has 2 aromatic heterocycles. The topological polar surface area (TPSA) is 102 Å². The standard InChI is InChI=1S/C18H25N7O/c19-18-22-15-6-10-25(16(26)2-1-8-24-11-7-20-12-24)9-5-14(15)17(23-18)21-13-3-4-13/h7,11-13H,1-6,8-10H2,(H3,19,21,22,23). The van der Waals surface area contributed by atoms with Crippen molar-refractivity contribution < 1.29 is 4.79 Å². The second kappa shape index (κ2) is 7.31. The maximum atomic E-state index is 12.6. The van der Waals surface area contributed by atoms with E-state index in [1.54, 1.807) is 12.5 Å². The van der Waals surface area contributed by atoms with E-state index in [1.807, 2.05) is 15.7 Å². The Bertz CT molecular complexity index is 770. The Morgan fingerprint density at radius 1 is 1.27 bits per heavy atom. The third-order valence-corrected chi connectivity index (χ3v) is 5.00. The van der Waals surface area contributed by atoms with Crippen LogP contribution in [0.5, 0.6) is 0 Å². The van der Waals surface area contributed by atoms with Gasteiger partial charge in [0.1, 0.15) is 5.82 Å². The summed E-state index contributed by atoms with van der Waals surface area (Å²) in [5.41, 5.74) is 7.99. The van der Waals surface area contributed by atoms with Gasteiger partial charge in [-0.1, -0.05) is 0 Å². The number of aryl methyl sites for hydroxylation is 1. The van der Waals surface area contributed by atoms with Crippen molar-refractivity contribution in [1.29, 1.82) is 0 Å². The fraction of sp³-hybridized carbons (Fsp3) is 0.556. The van der Waals surface area contributed by atoms with E-state index in [-0.39, 0.29) is 5.91 Å². The Labute approximate surface area is 152 Å². The molecule has 0 saturated heterocycles. The summed E-state index contributed by atoms with van der Waals surface area (Å²) < 4.78 is 2.00. The average molecular weight is 355 g/mol. The number of aromatic nitrogens is 4. The number of rotatable bonds is 6. The summed E-state index contributed by atoms with van der Waals surface area (Å²) in [4.78, 5) is 27.4. The molecule has 1 aliphatic carbocycles. The van der Waals surface area contributed by atoms with Gasteiger partial charge >= 0.3 is 0 Å². The SMILES string of the molecule is Nc1nc2c(c(NC3CC3)n1)CCN(C(=O)CCCn1ccnc1)CC2. The number of carbonyl (C=O) groups excluding carboxylic acids is 1. The summed E-state index contributed by atoms with van der Waals surface area (Å²) in [7, 11) is 0. The Hall–Kier alpha value is -2.64. The molecule has 3 heterocycles. The Balaban J connectivity index is 1.37. The minimum Gasteiger partial charge on any atom is -0.368 e. The Morgan fingerprint density at radius 2 is 2.12 bits per heavy atom. The lowest BCUT2D eigenvalue weighted by molar-refractivity contribution is -0.131. The number of nitrogens with one attached hydrogen (secondary N) is 1. The molecule has 0 unspecified atom stereocenters. The molecule has 0 atom stereocenters. The predicted molar refractivity (Wildman–Crippen MR) is 98.5 cm³/mol. The lowest BCUT2D eigenvalue weighted by atomic mass is 10.1. The van der Waals surface area contributed by atoms with E-state index in [0.717, 1.165) is 42.9 Å². The largest absolute Gasteiger partial charge is 0.368 e. The molecule has 0 bridgehead atoms. The number of fused-ring (bicyclic) bond motifs is 1. The molecule has 26 heavy (non-hydrogen) atoms. The number of carbonyl (C=O) groups is 1. The molecule has 1 fully saturated rings. The zero-order valence-corrected chi connectivity index (χ0v) is 14.9. The smallest absolute Gasteiger partial charge is 0.222 e. The first-order valence-electron chi connectivity index (χ1n) is 9.34. The van der Waals surface area contributed by atoms with Crippen LogP contribution >= 0.6 is 0 Å². The number of nitrogens with two attached hydrogens (primary N) is 1. The van der Waals surface area contributed by atoms with Crippen LogP contribution in [0.15, 0.2) is 18.7 Å². The molecule has 2 aromatic rings. The molecule has 2 aliphatic rings.